The number of aliphatic hydroxyl groups excluding tert-OH is 3. The lowest BCUT2D eigenvalue weighted by Crippen LogP contribution is -2.66. The quantitative estimate of drug-likeness (QED) is 0.0223. The lowest BCUT2D eigenvalue weighted by molar-refractivity contribution is -0.377. The number of ether oxygens (including phenoxy) is 8. The summed E-state index contributed by atoms with van der Waals surface area (Å²) in [5, 5.41) is 37.6. The Labute approximate surface area is 927 Å². The molecule has 2 saturated heterocycles. The molecule has 0 saturated carbocycles. The first-order valence-electron chi connectivity index (χ1n) is 65.4. The van der Waals surface area contributed by atoms with Gasteiger partial charge in [0.2, 0.25) is 12.6 Å². The summed E-state index contributed by atoms with van der Waals surface area (Å²) in [7, 11) is 0. The number of carbonyl (C=O) groups excluding carboxylic acids is 5. The first kappa shape index (κ1) is 142. The normalized spacial score (nSPS) is 20.1. The fourth-order valence-electron chi connectivity index (χ4n) is 23.4. The number of aliphatic hydroxyl groups is 3. The molecule has 0 amide bonds. The van der Waals surface area contributed by atoms with Gasteiger partial charge in [-0.25, -0.2) is 19.2 Å². The second kappa shape index (κ2) is 98.2. The molecule has 18 atom stereocenters. The van der Waals surface area contributed by atoms with Crippen LogP contribution in [0.15, 0.2) is 46.6 Å². The van der Waals surface area contributed by atoms with Gasteiger partial charge >= 0.3 is 29.8 Å². The van der Waals surface area contributed by atoms with Gasteiger partial charge in [-0.15, -0.1) is 0 Å². The highest BCUT2D eigenvalue weighted by Gasteiger charge is 2.56. The van der Waals surface area contributed by atoms with Crippen LogP contribution in [0.2, 0.25) is 0 Å². The Balaban J connectivity index is 2.69. The van der Waals surface area contributed by atoms with Gasteiger partial charge in [-0.3, -0.25) is 4.79 Å². The number of carbonyl (C=O) groups is 5. The van der Waals surface area contributed by atoms with Gasteiger partial charge in [-0.05, 0) is 107 Å². The number of allylic oxidation sites excluding steroid dienone is 4. The third kappa shape index (κ3) is 76.7. The van der Waals surface area contributed by atoms with Crippen LogP contribution in [0.25, 0.3) is 0 Å². The van der Waals surface area contributed by atoms with Gasteiger partial charge in [0.05, 0.1) is 6.61 Å². The second-order valence-electron chi connectivity index (χ2n) is 48.9. The molecule has 0 aromatic carbocycles. The lowest BCUT2D eigenvalue weighted by Gasteiger charge is -2.47. The molecule has 0 aliphatic carbocycles. The van der Waals surface area contributed by atoms with E-state index in [0.29, 0.717) is 41.2 Å². The summed E-state index contributed by atoms with van der Waals surface area (Å²) in [5.74, 6) is -2.17. The largest absolute Gasteiger partial charge is 0.459 e. The fourth-order valence-corrected chi connectivity index (χ4v) is 23.4. The van der Waals surface area contributed by atoms with Crippen LogP contribution in [0.3, 0.4) is 0 Å². The van der Waals surface area contributed by atoms with Gasteiger partial charge in [0.25, 0.3) is 0 Å². The molecule has 16 nitrogen and oxygen atoms in total. The lowest BCUT2D eigenvalue weighted by atomic mass is 9.91. The molecule has 0 spiro atoms. The Morgan fingerprint density at radius 3 is 0.700 bits per heavy atom. The highest BCUT2D eigenvalue weighted by atomic mass is 16.8. The molecule has 16 heteroatoms. The van der Waals surface area contributed by atoms with Crippen LogP contribution in [-0.4, -0.2) is 120 Å². The molecule has 0 aromatic rings. The molecule has 2 rings (SSSR count). The average molecular weight is 2120 g/mol. The van der Waals surface area contributed by atoms with Crippen molar-refractivity contribution in [1.29, 1.82) is 0 Å². The van der Waals surface area contributed by atoms with E-state index in [1.807, 2.05) is 24.3 Å². The third-order valence-corrected chi connectivity index (χ3v) is 32.8. The first-order valence-corrected chi connectivity index (χ1v) is 65.4. The summed E-state index contributed by atoms with van der Waals surface area (Å²) in [6.07, 6.45) is 93.8. The van der Waals surface area contributed by atoms with Crippen LogP contribution >= 0.6 is 0 Å². The first-order chi connectivity index (χ1) is 72.7. The van der Waals surface area contributed by atoms with Crippen LogP contribution < -0.4 is 0 Å². The topological polar surface area (TPSA) is 220 Å². The van der Waals surface area contributed by atoms with Crippen LogP contribution in [0.5, 0.6) is 0 Å². The smallest absolute Gasteiger partial charge is 0.333 e. The van der Waals surface area contributed by atoms with E-state index in [-0.39, 0.29) is 41.2 Å². The van der Waals surface area contributed by atoms with Crippen molar-refractivity contribution in [2.75, 3.05) is 13.2 Å². The van der Waals surface area contributed by atoms with Gasteiger partial charge in [0.1, 0.15) is 31.0 Å². The number of esters is 5. The highest BCUT2D eigenvalue weighted by Crippen LogP contribution is 2.38. The molecular formula is C134H248O16. The summed E-state index contributed by atoms with van der Waals surface area (Å²) in [5.41, 5.74) is 1.18. The predicted octanol–water partition coefficient (Wildman–Crippen LogP) is 39.1. The molecule has 2 aliphatic rings. The Bertz CT molecular complexity index is 3270. The van der Waals surface area contributed by atoms with E-state index in [1.54, 1.807) is 27.7 Å². The van der Waals surface area contributed by atoms with Crippen LogP contribution in [-0.2, 0) is 61.9 Å². The molecule has 2 aliphatic heterocycles. The molecule has 2 heterocycles. The summed E-state index contributed by atoms with van der Waals surface area (Å²) < 4.78 is 52.3. The van der Waals surface area contributed by atoms with Crippen molar-refractivity contribution in [2.45, 2.75) is 718 Å². The van der Waals surface area contributed by atoms with E-state index >= 15 is 9.59 Å². The SMILES string of the molecule is CCCCCCCCCCCCCCCCCCCC[C@H](C)C[C@H](C)/C=C(\C)C(=O)OC1[C@H](O)C(COC(=O)/C(C)=C/[C@@H](C)C[C@@H](C)CCCCCCCCCCCCCCCC)O[C@H](O[C@H]2OC(CO)[C@@H](OC(=O)/C(C)=C/[C@@H](C)C[C@@H](C)CCCCCCCCCCCCCCCCCC)C(O)[C@@H]2OC(=O)/C(C)=C/[C@@H](C)C[C@@H](C)CCCCCCCCCCCCCCCC)[C@@H]1OC(=O)CCCCCCCCCCCCCCC. The Hall–Kier alpha value is -3.93. The monoisotopic (exact) mass is 2110 g/mol. The van der Waals surface area contributed by atoms with Gasteiger partial charge in [-0.2, -0.15) is 0 Å². The molecule has 150 heavy (non-hydrogen) atoms. The van der Waals surface area contributed by atoms with Crippen molar-refractivity contribution in [3.8, 4) is 0 Å². The average Bonchev–Trinajstić information content (AvgIpc) is 0.768. The Kier molecular flexibility index (Phi) is 93.1. The maximum atomic E-state index is 15.1. The molecule has 880 valence electrons. The highest BCUT2D eigenvalue weighted by molar-refractivity contribution is 5.89. The number of hydrogen-bond donors (Lipinski definition) is 3. The van der Waals surface area contributed by atoms with E-state index in [4.69, 9.17) is 37.9 Å². The number of rotatable bonds is 105. The summed E-state index contributed by atoms with van der Waals surface area (Å²) >= 11 is 0. The standard InChI is InChI=1S/C134H248O16/c1-18-23-28-33-38-43-48-53-57-59-60-62-67-71-76-81-85-90-95-110(8)100-114(12)104-118(16)131(141)148-126-123(137)121(107-143-129(139)116(14)102-112(10)98-108(6)93-88-83-78-73-68-64-55-50-45-40-35-30-25-20-3)145-134(128(126)146-122(136)97-92-87-82-77-72-63-52-47-42-37-32-27-22-5)150-133-127(149-132(142)119(17)105-115(13)101-111(9)96-91-86-79-74-69-65-56-51-46-41-36-31-26-21-4)124(138)125(120(106-135)144-133)147-130(140)117(15)103-113(11)99-109(7)94-89-84-80-75-70-66-61-58-54-49-44-39-34-29-24-19-2/h102-105,108-115,120-121,123-128,133-135,137-138H,18-101,106-107H2,1-17H3/b116-102+,117-103+,118-104+,119-105+/t108-,109-,110-,111-,112-,113-,114-,115-,120?,121?,123+,124?,125+,126?,127-,128+,133+,134+/m0/s1. The van der Waals surface area contributed by atoms with E-state index in [0.717, 1.165) is 103 Å². The van der Waals surface area contributed by atoms with Gasteiger partial charge < -0.3 is 53.2 Å². The van der Waals surface area contributed by atoms with Gasteiger partial charge in [-0.1, -0.05) is 615 Å². The summed E-state index contributed by atoms with van der Waals surface area (Å²) in [4.78, 5) is 74.2. The van der Waals surface area contributed by atoms with Gasteiger partial charge in [0.15, 0.2) is 24.4 Å². The second-order valence-corrected chi connectivity index (χ2v) is 48.9. The third-order valence-electron chi connectivity index (χ3n) is 32.8. The zero-order chi connectivity index (χ0) is 110. The maximum absolute atomic E-state index is 15.1. The molecule has 0 aromatic heterocycles. The van der Waals surface area contributed by atoms with Gasteiger partial charge in [0, 0.05) is 28.7 Å². The van der Waals surface area contributed by atoms with Crippen LogP contribution in [0, 0.1) is 47.3 Å². The number of unbranched alkanes of at least 4 members (excludes halogenated alkanes) is 70. The zero-order valence-corrected chi connectivity index (χ0v) is 102. The summed E-state index contributed by atoms with van der Waals surface area (Å²) in [6, 6.07) is 0. The maximum Gasteiger partial charge on any atom is 0.333 e. The van der Waals surface area contributed by atoms with Crippen molar-refractivity contribution in [3.63, 3.8) is 0 Å². The van der Waals surface area contributed by atoms with Crippen molar-refractivity contribution in [3.05, 3.63) is 46.6 Å². The molecule has 0 radical (unpaired) electrons. The summed E-state index contributed by atoms with van der Waals surface area (Å²) in [6.45, 7) is 34.2. The van der Waals surface area contributed by atoms with Crippen LogP contribution in [0.1, 0.15) is 657 Å². The van der Waals surface area contributed by atoms with Crippen molar-refractivity contribution < 1.29 is 77.2 Å². The molecule has 4 unspecified atom stereocenters. The van der Waals surface area contributed by atoms with Crippen molar-refractivity contribution in [2.24, 2.45) is 47.3 Å². The van der Waals surface area contributed by atoms with E-state index in [1.165, 1.54) is 424 Å². The minimum atomic E-state index is -1.92. The number of hydrogen-bond acceptors (Lipinski definition) is 16. The van der Waals surface area contributed by atoms with Crippen LogP contribution in [0.4, 0.5) is 0 Å². The van der Waals surface area contributed by atoms with E-state index < -0.39 is 104 Å². The minimum absolute atomic E-state index is 0.00176. The van der Waals surface area contributed by atoms with E-state index in [2.05, 4.69) is 90.0 Å². The Morgan fingerprint density at radius 2 is 0.453 bits per heavy atom. The Morgan fingerprint density at radius 1 is 0.247 bits per heavy atom. The zero-order valence-electron chi connectivity index (χ0n) is 102. The fraction of sp³-hybridized carbons (Fsp3) is 0.903. The molecule has 0 bridgehead atoms. The molecule has 2 fully saturated rings. The predicted molar refractivity (Wildman–Crippen MR) is 633 cm³/mol. The van der Waals surface area contributed by atoms with Crippen molar-refractivity contribution >= 4 is 29.8 Å². The van der Waals surface area contributed by atoms with E-state index in [9.17, 15) is 29.7 Å². The molecule has 3 N–H and O–H groups in total. The van der Waals surface area contributed by atoms with Crippen molar-refractivity contribution in [1.82, 2.24) is 0 Å². The minimum Gasteiger partial charge on any atom is -0.459 e. The molecular weight excluding hydrogens is 1870 g/mol.